The lowest BCUT2D eigenvalue weighted by molar-refractivity contribution is 0.214. The minimum Gasteiger partial charge on any atom is -0.493 e. The highest BCUT2D eigenvalue weighted by atomic mass is 16.6. The van der Waals surface area contributed by atoms with E-state index in [1.54, 1.807) is 6.07 Å². The normalized spacial score (nSPS) is 11.3. The van der Waals surface area contributed by atoms with Crippen molar-refractivity contribution in [1.82, 2.24) is 5.16 Å². The van der Waals surface area contributed by atoms with Crippen molar-refractivity contribution in [3.8, 4) is 17.4 Å². The number of oxime groups is 1. The molecule has 0 amide bonds. The molecule has 0 radical (unpaired) electrons. The highest BCUT2D eigenvalue weighted by Gasteiger charge is 2.08. The van der Waals surface area contributed by atoms with Crippen LogP contribution in [-0.4, -0.2) is 38.3 Å². The summed E-state index contributed by atoms with van der Waals surface area (Å²) >= 11 is 0. The van der Waals surface area contributed by atoms with Crippen LogP contribution in [0, 0.1) is 13.8 Å². The molecule has 0 spiro atoms. The Morgan fingerprint density at radius 1 is 1.07 bits per heavy atom. The van der Waals surface area contributed by atoms with Crippen molar-refractivity contribution in [2.24, 2.45) is 5.16 Å². The van der Waals surface area contributed by atoms with Crippen molar-refractivity contribution >= 4 is 6.21 Å². The van der Waals surface area contributed by atoms with E-state index in [1.165, 1.54) is 13.3 Å². The molecule has 27 heavy (non-hydrogen) atoms. The molecule has 0 atom stereocenters. The SMILES string of the molecule is C/C=C/COc1cc(C)c(OCCCOc2cc(C=NOC)on2)c(C)c1. The van der Waals surface area contributed by atoms with Crippen LogP contribution >= 0.6 is 0 Å². The number of hydrogen-bond donors (Lipinski definition) is 0. The summed E-state index contributed by atoms with van der Waals surface area (Å²) in [7, 11) is 1.46. The number of benzene rings is 1. The van der Waals surface area contributed by atoms with Gasteiger partial charge < -0.3 is 23.6 Å². The summed E-state index contributed by atoms with van der Waals surface area (Å²) in [5, 5.41) is 7.39. The molecule has 1 aromatic carbocycles. The van der Waals surface area contributed by atoms with E-state index in [0.29, 0.717) is 37.9 Å². The molecule has 2 rings (SSSR count). The number of rotatable bonds is 11. The first-order chi connectivity index (χ1) is 13.1. The van der Waals surface area contributed by atoms with E-state index in [1.807, 2.05) is 45.1 Å². The third-order valence-corrected chi connectivity index (χ3v) is 3.59. The highest BCUT2D eigenvalue weighted by Crippen LogP contribution is 2.28. The lowest BCUT2D eigenvalue weighted by Gasteiger charge is -2.14. The van der Waals surface area contributed by atoms with E-state index in [0.717, 1.165) is 22.6 Å². The van der Waals surface area contributed by atoms with Crippen molar-refractivity contribution in [3.63, 3.8) is 0 Å². The number of hydrogen-bond acceptors (Lipinski definition) is 7. The fraction of sp³-hybridized carbons (Fsp3) is 0.400. The van der Waals surface area contributed by atoms with E-state index in [2.05, 4.69) is 15.1 Å². The zero-order valence-electron chi connectivity index (χ0n) is 16.2. The van der Waals surface area contributed by atoms with Crippen LogP contribution in [0.15, 0.2) is 40.0 Å². The summed E-state index contributed by atoms with van der Waals surface area (Å²) in [5.41, 5.74) is 2.09. The van der Waals surface area contributed by atoms with Crippen molar-refractivity contribution in [2.75, 3.05) is 26.9 Å². The number of nitrogens with zero attached hydrogens (tertiary/aromatic N) is 2. The second kappa shape index (κ2) is 10.9. The lowest BCUT2D eigenvalue weighted by atomic mass is 10.1. The lowest BCUT2D eigenvalue weighted by Crippen LogP contribution is -2.07. The van der Waals surface area contributed by atoms with Crippen molar-refractivity contribution in [2.45, 2.75) is 27.2 Å². The monoisotopic (exact) mass is 374 g/mol. The van der Waals surface area contributed by atoms with E-state index >= 15 is 0 Å². The quantitative estimate of drug-likeness (QED) is 0.255. The Bertz CT molecular complexity index is 744. The van der Waals surface area contributed by atoms with Gasteiger partial charge in [0.15, 0.2) is 5.76 Å². The molecule has 1 aromatic heterocycles. The van der Waals surface area contributed by atoms with Gasteiger partial charge in [0.25, 0.3) is 5.88 Å². The van der Waals surface area contributed by atoms with Crippen LogP contribution in [-0.2, 0) is 4.84 Å². The van der Waals surface area contributed by atoms with Gasteiger partial charge in [-0.05, 0) is 49.2 Å². The Morgan fingerprint density at radius 3 is 2.52 bits per heavy atom. The molecule has 0 saturated heterocycles. The smallest absolute Gasteiger partial charge is 0.254 e. The molecule has 146 valence electrons. The van der Waals surface area contributed by atoms with Crippen LogP contribution < -0.4 is 14.2 Å². The predicted octanol–water partition coefficient (Wildman–Crippen LogP) is 4.07. The van der Waals surface area contributed by atoms with Crippen molar-refractivity contribution < 1.29 is 23.6 Å². The average Bonchev–Trinajstić information content (AvgIpc) is 3.09. The van der Waals surface area contributed by atoms with Gasteiger partial charge in [-0.15, -0.1) is 0 Å². The number of aromatic nitrogens is 1. The minimum atomic E-state index is 0.405. The average molecular weight is 374 g/mol. The molecule has 0 aliphatic heterocycles. The molecule has 0 fully saturated rings. The van der Waals surface area contributed by atoms with Gasteiger partial charge in [-0.1, -0.05) is 17.3 Å². The first-order valence-electron chi connectivity index (χ1n) is 8.78. The molecular formula is C20H26N2O5. The number of allylic oxidation sites excluding steroid dienone is 1. The molecular weight excluding hydrogens is 348 g/mol. The first-order valence-corrected chi connectivity index (χ1v) is 8.78. The zero-order valence-corrected chi connectivity index (χ0v) is 16.2. The highest BCUT2D eigenvalue weighted by molar-refractivity contribution is 5.75. The summed E-state index contributed by atoms with van der Waals surface area (Å²) in [4.78, 5) is 4.57. The van der Waals surface area contributed by atoms with Gasteiger partial charge in [0.05, 0.1) is 19.3 Å². The van der Waals surface area contributed by atoms with Gasteiger partial charge in [-0.3, -0.25) is 0 Å². The molecule has 7 heteroatoms. The Hall–Kier alpha value is -2.96. The summed E-state index contributed by atoms with van der Waals surface area (Å²) in [6.45, 7) is 7.57. The standard InChI is InChI=1S/C20H26N2O5/c1-5-6-8-24-17-11-15(2)20(16(3)12-17)26-10-7-9-25-19-13-18(27-22-19)14-21-23-4/h5-6,11-14H,7-10H2,1-4H3/b6-5+,21-14?. The first kappa shape index (κ1) is 20.4. The number of aryl methyl sites for hydroxylation is 2. The molecule has 2 aromatic rings. The minimum absolute atomic E-state index is 0.405. The summed E-state index contributed by atoms with van der Waals surface area (Å²) in [6.07, 6.45) is 6.07. The molecule has 0 saturated carbocycles. The second-order valence-corrected chi connectivity index (χ2v) is 5.80. The molecule has 7 nitrogen and oxygen atoms in total. The summed E-state index contributed by atoms with van der Waals surface area (Å²) in [6, 6.07) is 5.62. The Balaban J connectivity index is 1.76. The number of ether oxygens (including phenoxy) is 3. The second-order valence-electron chi connectivity index (χ2n) is 5.80. The molecule has 1 heterocycles. The predicted molar refractivity (Wildman–Crippen MR) is 103 cm³/mol. The van der Waals surface area contributed by atoms with Crippen molar-refractivity contribution in [1.29, 1.82) is 0 Å². The summed E-state index contributed by atoms with van der Waals surface area (Å²) < 4.78 is 22.1. The van der Waals surface area contributed by atoms with Crippen molar-refractivity contribution in [3.05, 3.63) is 47.2 Å². The van der Waals surface area contributed by atoms with Gasteiger partial charge in [-0.2, -0.15) is 0 Å². The maximum atomic E-state index is 5.91. The third-order valence-electron chi connectivity index (χ3n) is 3.59. The fourth-order valence-electron chi connectivity index (χ4n) is 2.38. The Kier molecular flexibility index (Phi) is 8.22. The van der Waals surface area contributed by atoms with Crippen LogP contribution in [0.5, 0.6) is 17.4 Å². The van der Waals surface area contributed by atoms with E-state index < -0.39 is 0 Å². The van der Waals surface area contributed by atoms with Crippen LogP contribution in [0.25, 0.3) is 0 Å². The molecule has 0 aliphatic carbocycles. The van der Waals surface area contributed by atoms with E-state index in [9.17, 15) is 0 Å². The van der Waals surface area contributed by atoms with Gasteiger partial charge >= 0.3 is 0 Å². The fourth-order valence-corrected chi connectivity index (χ4v) is 2.38. The van der Waals surface area contributed by atoms with Crippen LogP contribution in [0.1, 0.15) is 30.2 Å². The maximum absolute atomic E-state index is 5.91. The Labute approximate surface area is 159 Å². The largest absolute Gasteiger partial charge is 0.493 e. The van der Waals surface area contributed by atoms with Gasteiger partial charge in [0, 0.05) is 6.42 Å². The molecule has 0 aliphatic rings. The molecule has 0 bridgehead atoms. The molecule has 0 unspecified atom stereocenters. The summed E-state index contributed by atoms with van der Waals surface area (Å²) in [5.74, 6) is 2.60. The Morgan fingerprint density at radius 2 is 1.81 bits per heavy atom. The van der Waals surface area contributed by atoms with E-state index in [4.69, 9.17) is 18.7 Å². The zero-order chi connectivity index (χ0) is 19.5. The maximum Gasteiger partial charge on any atom is 0.254 e. The third kappa shape index (κ3) is 6.69. The topological polar surface area (TPSA) is 75.3 Å². The van der Waals surface area contributed by atoms with Gasteiger partial charge in [-0.25, -0.2) is 0 Å². The van der Waals surface area contributed by atoms with Crippen LogP contribution in [0.2, 0.25) is 0 Å². The van der Waals surface area contributed by atoms with Crippen LogP contribution in [0.4, 0.5) is 0 Å². The van der Waals surface area contributed by atoms with E-state index in [-0.39, 0.29) is 0 Å². The van der Waals surface area contributed by atoms with Gasteiger partial charge in [0.2, 0.25) is 0 Å². The van der Waals surface area contributed by atoms with Gasteiger partial charge in [0.1, 0.15) is 31.4 Å². The van der Waals surface area contributed by atoms with Crippen LogP contribution in [0.3, 0.4) is 0 Å². The molecule has 0 N–H and O–H groups in total.